The summed E-state index contributed by atoms with van der Waals surface area (Å²) in [5.74, 6) is -0.206. The lowest BCUT2D eigenvalue weighted by Crippen LogP contribution is -2.45. The van der Waals surface area contributed by atoms with Crippen LogP contribution >= 0.6 is 0 Å². The van der Waals surface area contributed by atoms with E-state index in [1.54, 1.807) is 0 Å². The predicted octanol–water partition coefficient (Wildman–Crippen LogP) is 3.03. The summed E-state index contributed by atoms with van der Waals surface area (Å²) in [4.78, 5) is 21.5. The zero-order valence-electron chi connectivity index (χ0n) is 15.7. The van der Waals surface area contributed by atoms with Crippen molar-refractivity contribution in [1.82, 2.24) is 15.3 Å². The highest BCUT2D eigenvalue weighted by Gasteiger charge is 2.25. The zero-order chi connectivity index (χ0) is 18.7. The van der Waals surface area contributed by atoms with Crippen molar-refractivity contribution in [2.24, 2.45) is 0 Å². The van der Waals surface area contributed by atoms with E-state index in [0.29, 0.717) is 5.69 Å². The van der Waals surface area contributed by atoms with Gasteiger partial charge in [0.2, 0.25) is 0 Å². The van der Waals surface area contributed by atoms with E-state index in [4.69, 9.17) is 0 Å². The molecule has 138 valence electrons. The molecule has 2 aromatic heterocycles. The summed E-state index contributed by atoms with van der Waals surface area (Å²) < 4.78 is 0. The Morgan fingerprint density at radius 2 is 2.00 bits per heavy atom. The molecule has 26 heavy (non-hydrogen) atoms. The zero-order valence-corrected chi connectivity index (χ0v) is 15.7. The summed E-state index contributed by atoms with van der Waals surface area (Å²) >= 11 is 0. The Morgan fingerprint density at radius 3 is 2.69 bits per heavy atom. The molecule has 5 nitrogen and oxygen atoms in total. The van der Waals surface area contributed by atoms with Gasteiger partial charge in [-0.15, -0.1) is 0 Å². The minimum atomic E-state index is -0.461. The van der Waals surface area contributed by atoms with Crippen LogP contribution in [0, 0.1) is 20.8 Å². The van der Waals surface area contributed by atoms with Crippen molar-refractivity contribution in [3.63, 3.8) is 0 Å². The Kier molecular flexibility index (Phi) is 5.67. The first-order chi connectivity index (χ1) is 12.4. The van der Waals surface area contributed by atoms with E-state index in [2.05, 4.69) is 21.4 Å². The van der Waals surface area contributed by atoms with Crippen LogP contribution in [0.5, 0.6) is 0 Å². The van der Waals surface area contributed by atoms with Gasteiger partial charge in [-0.1, -0.05) is 18.9 Å². The Labute approximate surface area is 154 Å². The van der Waals surface area contributed by atoms with Gasteiger partial charge in [-0.05, 0) is 68.9 Å². The molecular weight excluding hydrogens is 326 g/mol. The number of aromatic nitrogens is 2. The van der Waals surface area contributed by atoms with E-state index in [-0.39, 0.29) is 11.9 Å². The van der Waals surface area contributed by atoms with Crippen molar-refractivity contribution < 1.29 is 9.90 Å². The molecule has 1 aliphatic carbocycles. The number of pyridine rings is 2. The molecule has 1 amide bonds. The molecule has 0 aliphatic heterocycles. The maximum Gasteiger partial charge on any atom is 0.270 e. The first-order valence-corrected chi connectivity index (χ1v) is 9.31. The molecule has 2 aromatic rings. The van der Waals surface area contributed by atoms with Gasteiger partial charge in [0, 0.05) is 17.6 Å². The van der Waals surface area contributed by atoms with Gasteiger partial charge in [-0.25, -0.2) is 4.98 Å². The van der Waals surface area contributed by atoms with Gasteiger partial charge >= 0.3 is 0 Å². The smallest absolute Gasteiger partial charge is 0.270 e. The van der Waals surface area contributed by atoms with Crippen LogP contribution in [-0.2, 0) is 6.42 Å². The highest BCUT2D eigenvalue weighted by molar-refractivity contribution is 5.92. The summed E-state index contributed by atoms with van der Waals surface area (Å²) in [6.45, 7) is 5.93. The van der Waals surface area contributed by atoms with Crippen molar-refractivity contribution in [2.45, 2.75) is 65.0 Å². The number of carbonyl (C=O) groups is 1. The van der Waals surface area contributed by atoms with Crippen LogP contribution in [0.1, 0.15) is 64.2 Å². The number of aliphatic hydroxyl groups is 1. The fraction of sp³-hybridized carbons (Fsp3) is 0.476. The Bertz CT molecular complexity index is 787. The van der Waals surface area contributed by atoms with Gasteiger partial charge < -0.3 is 10.4 Å². The number of carbonyl (C=O) groups excluding carboxylic acids is 1. The van der Waals surface area contributed by atoms with Crippen LogP contribution < -0.4 is 5.32 Å². The minimum absolute atomic E-state index is 0.176. The standard InChI is InChI=1S/C21H27N3O2/c1-13-8-9-16(12-22-13)10-17-11-19(23-15(3)14(17)2)21(26)24-18-6-4-5-7-20(18)25/h8-9,11-12,18,20,25H,4-7,10H2,1-3H3,(H,24,26)/t18?,20-/m0/s1. The lowest BCUT2D eigenvalue weighted by Gasteiger charge is -2.28. The predicted molar refractivity (Wildman–Crippen MR) is 101 cm³/mol. The monoisotopic (exact) mass is 353 g/mol. The molecule has 1 fully saturated rings. The Balaban J connectivity index is 1.80. The van der Waals surface area contributed by atoms with Gasteiger partial charge in [0.15, 0.2) is 0 Å². The maximum absolute atomic E-state index is 12.7. The van der Waals surface area contributed by atoms with E-state index >= 15 is 0 Å². The molecule has 1 unspecified atom stereocenters. The van der Waals surface area contributed by atoms with Crippen molar-refractivity contribution in [1.29, 1.82) is 0 Å². The molecule has 0 radical (unpaired) electrons. The first kappa shape index (κ1) is 18.5. The SMILES string of the molecule is Cc1ccc(Cc2cc(C(=O)NC3CCCC[C@@H]3O)nc(C)c2C)cn1. The van der Waals surface area contributed by atoms with E-state index in [1.807, 2.05) is 39.1 Å². The highest BCUT2D eigenvalue weighted by atomic mass is 16.3. The van der Waals surface area contributed by atoms with Gasteiger partial charge in [-0.2, -0.15) is 0 Å². The van der Waals surface area contributed by atoms with Crippen molar-refractivity contribution in [2.75, 3.05) is 0 Å². The normalized spacial score (nSPS) is 20.0. The van der Waals surface area contributed by atoms with Gasteiger partial charge in [-0.3, -0.25) is 9.78 Å². The largest absolute Gasteiger partial charge is 0.391 e. The third-order valence-electron chi connectivity index (χ3n) is 5.27. The average Bonchev–Trinajstić information content (AvgIpc) is 2.62. The summed E-state index contributed by atoms with van der Waals surface area (Å²) in [6.07, 6.45) is 5.75. The molecule has 1 aliphatic rings. The van der Waals surface area contributed by atoms with E-state index < -0.39 is 6.10 Å². The van der Waals surface area contributed by atoms with E-state index in [1.165, 1.54) is 0 Å². The van der Waals surface area contributed by atoms with Crippen LogP contribution in [0.25, 0.3) is 0 Å². The molecule has 1 saturated carbocycles. The minimum Gasteiger partial charge on any atom is -0.391 e. The van der Waals surface area contributed by atoms with Crippen LogP contribution in [0.2, 0.25) is 0 Å². The van der Waals surface area contributed by atoms with Crippen molar-refractivity contribution in [3.05, 3.63) is 58.2 Å². The number of nitrogens with zero attached hydrogens (tertiary/aromatic N) is 2. The number of aliphatic hydroxyl groups excluding tert-OH is 1. The molecule has 0 aromatic carbocycles. The van der Waals surface area contributed by atoms with Crippen LogP contribution in [0.15, 0.2) is 24.4 Å². The van der Waals surface area contributed by atoms with E-state index in [9.17, 15) is 9.90 Å². The molecular formula is C21H27N3O2. The summed E-state index contributed by atoms with van der Waals surface area (Å²) in [7, 11) is 0. The number of hydrogen-bond acceptors (Lipinski definition) is 4. The quantitative estimate of drug-likeness (QED) is 0.886. The average molecular weight is 353 g/mol. The molecule has 0 spiro atoms. The fourth-order valence-corrected chi connectivity index (χ4v) is 3.45. The lowest BCUT2D eigenvalue weighted by molar-refractivity contribution is 0.0713. The third-order valence-corrected chi connectivity index (χ3v) is 5.27. The van der Waals surface area contributed by atoms with Crippen LogP contribution in [0.4, 0.5) is 0 Å². The van der Waals surface area contributed by atoms with Gasteiger partial charge in [0.1, 0.15) is 5.69 Å². The number of hydrogen-bond donors (Lipinski definition) is 2. The fourth-order valence-electron chi connectivity index (χ4n) is 3.45. The second kappa shape index (κ2) is 7.96. The van der Waals surface area contributed by atoms with Crippen LogP contribution in [0.3, 0.4) is 0 Å². The Morgan fingerprint density at radius 1 is 1.23 bits per heavy atom. The number of nitrogens with one attached hydrogen (secondary N) is 1. The molecule has 2 N–H and O–H groups in total. The summed E-state index contributed by atoms with van der Waals surface area (Å²) in [6, 6.07) is 5.75. The molecule has 0 saturated heterocycles. The van der Waals surface area contributed by atoms with Gasteiger partial charge in [0.25, 0.3) is 5.91 Å². The van der Waals surface area contributed by atoms with Crippen molar-refractivity contribution >= 4 is 5.91 Å². The molecule has 2 heterocycles. The second-order valence-corrected chi connectivity index (χ2v) is 7.29. The summed E-state index contributed by atoms with van der Waals surface area (Å²) in [5, 5.41) is 13.1. The molecule has 0 bridgehead atoms. The first-order valence-electron chi connectivity index (χ1n) is 9.31. The number of aryl methyl sites for hydroxylation is 2. The number of rotatable bonds is 4. The molecule has 5 heteroatoms. The topological polar surface area (TPSA) is 75.1 Å². The Hall–Kier alpha value is -2.27. The molecule has 2 atom stereocenters. The lowest BCUT2D eigenvalue weighted by atomic mass is 9.92. The second-order valence-electron chi connectivity index (χ2n) is 7.29. The number of amides is 1. The van der Waals surface area contributed by atoms with Crippen molar-refractivity contribution in [3.8, 4) is 0 Å². The molecule has 3 rings (SSSR count). The van der Waals surface area contributed by atoms with E-state index in [0.717, 1.165) is 60.2 Å². The maximum atomic E-state index is 12.7. The summed E-state index contributed by atoms with van der Waals surface area (Å²) in [5.41, 5.74) is 5.55. The van der Waals surface area contributed by atoms with Gasteiger partial charge in [0.05, 0.1) is 12.1 Å². The van der Waals surface area contributed by atoms with Crippen LogP contribution in [-0.4, -0.2) is 33.1 Å². The highest BCUT2D eigenvalue weighted by Crippen LogP contribution is 2.20. The third kappa shape index (κ3) is 4.28.